The highest BCUT2D eigenvalue weighted by molar-refractivity contribution is 7.95. The van der Waals surface area contributed by atoms with E-state index in [4.69, 9.17) is 4.55 Å². The van der Waals surface area contributed by atoms with Gasteiger partial charge in [-0.15, -0.1) is 0 Å². The third kappa shape index (κ3) is 3.59. The summed E-state index contributed by atoms with van der Waals surface area (Å²) in [5.74, 6) is -1.21. The van der Waals surface area contributed by atoms with Crippen molar-refractivity contribution in [3.63, 3.8) is 0 Å². The van der Waals surface area contributed by atoms with E-state index in [0.29, 0.717) is 0 Å². The minimum Gasteiger partial charge on any atom is -0.469 e. The van der Waals surface area contributed by atoms with Crippen LogP contribution in [0.4, 0.5) is 0 Å². The lowest BCUT2D eigenvalue weighted by atomic mass is 10.3. The summed E-state index contributed by atoms with van der Waals surface area (Å²) in [6.45, 7) is 0. The van der Waals surface area contributed by atoms with Crippen molar-refractivity contribution in [2.75, 3.05) is 14.2 Å². The Labute approximate surface area is 74.2 Å². The van der Waals surface area contributed by atoms with E-state index in [1.54, 1.807) is 0 Å². The van der Waals surface area contributed by atoms with Crippen LogP contribution in [0.2, 0.25) is 0 Å². The van der Waals surface area contributed by atoms with Gasteiger partial charge < -0.3 is 14.0 Å². The van der Waals surface area contributed by atoms with Gasteiger partial charge in [-0.05, 0) is 0 Å². The zero-order chi connectivity index (χ0) is 9.56. The Hall–Kier alpha value is -0.750. The molecule has 0 aliphatic carbocycles. The van der Waals surface area contributed by atoms with Crippen LogP contribution >= 0.6 is 12.0 Å². The lowest BCUT2D eigenvalue weighted by molar-refractivity contribution is -0.146. The Morgan fingerprint density at radius 2 is 2.00 bits per heavy atom. The highest BCUT2D eigenvalue weighted by Gasteiger charge is 2.23. The van der Waals surface area contributed by atoms with Crippen LogP contribution in [0.3, 0.4) is 0 Å². The van der Waals surface area contributed by atoms with Crippen molar-refractivity contribution < 1.29 is 23.6 Å². The fraction of sp³-hybridized carbons (Fsp3) is 0.667. The van der Waals surface area contributed by atoms with Crippen LogP contribution in [-0.4, -0.2) is 36.0 Å². The van der Waals surface area contributed by atoms with Gasteiger partial charge in [-0.2, -0.15) is 0 Å². The second-order valence-corrected chi connectivity index (χ2v) is 2.68. The minimum atomic E-state index is -0.901. The molecule has 0 saturated heterocycles. The summed E-state index contributed by atoms with van der Waals surface area (Å²) in [4.78, 5) is 21.4. The maximum absolute atomic E-state index is 10.8. The van der Waals surface area contributed by atoms with Crippen molar-refractivity contribution in [3.8, 4) is 0 Å². The quantitative estimate of drug-likeness (QED) is 0.512. The zero-order valence-corrected chi connectivity index (χ0v) is 7.59. The van der Waals surface area contributed by atoms with E-state index in [-0.39, 0.29) is 18.5 Å². The molecule has 1 N–H and O–H groups in total. The van der Waals surface area contributed by atoms with Crippen LogP contribution in [0, 0.1) is 0 Å². The molecule has 0 aliphatic rings. The van der Waals surface area contributed by atoms with E-state index in [1.165, 1.54) is 14.2 Å². The Bertz CT molecular complexity index is 169. The molecule has 6 heteroatoms. The highest BCUT2D eigenvalue weighted by atomic mass is 32.2. The van der Waals surface area contributed by atoms with Gasteiger partial charge in [0.15, 0.2) is 0 Å². The van der Waals surface area contributed by atoms with Crippen LogP contribution < -0.4 is 0 Å². The van der Waals surface area contributed by atoms with E-state index in [1.807, 2.05) is 0 Å². The summed E-state index contributed by atoms with van der Waals surface area (Å²) in [6.07, 6.45) is -0.190. The normalized spacial score (nSPS) is 11.9. The topological polar surface area (TPSA) is 72.8 Å². The molecule has 0 radical (unpaired) electrons. The molecular formula is C6H10O5S. The molecule has 0 spiro atoms. The molecule has 1 atom stereocenters. The van der Waals surface area contributed by atoms with E-state index in [2.05, 4.69) is 9.47 Å². The molecule has 0 aromatic heterocycles. The number of hydrogen-bond donors (Lipinski definition) is 1. The maximum Gasteiger partial charge on any atom is 0.321 e. The van der Waals surface area contributed by atoms with Gasteiger partial charge in [0, 0.05) is 12.0 Å². The molecule has 0 aromatic carbocycles. The first-order valence-electron chi connectivity index (χ1n) is 3.10. The van der Waals surface area contributed by atoms with E-state index >= 15 is 0 Å². The average Bonchev–Trinajstić information content (AvgIpc) is 2.12. The second-order valence-electron chi connectivity index (χ2n) is 1.90. The Balaban J connectivity index is 3.99. The maximum atomic E-state index is 10.8. The van der Waals surface area contributed by atoms with Gasteiger partial charge in [0.05, 0.1) is 20.6 Å². The smallest absolute Gasteiger partial charge is 0.321 e. The van der Waals surface area contributed by atoms with Crippen LogP contribution in [-0.2, 0) is 19.1 Å². The number of carbonyl (C=O) groups excluding carboxylic acids is 2. The predicted molar refractivity (Wildman–Crippen MR) is 42.7 cm³/mol. The van der Waals surface area contributed by atoms with Gasteiger partial charge in [0.2, 0.25) is 0 Å². The summed E-state index contributed by atoms with van der Waals surface area (Å²) in [5, 5.41) is -0.901. The van der Waals surface area contributed by atoms with Crippen molar-refractivity contribution in [3.05, 3.63) is 0 Å². The summed E-state index contributed by atoms with van der Waals surface area (Å²) in [7, 11) is 2.39. The summed E-state index contributed by atoms with van der Waals surface area (Å²) in [6, 6.07) is 0. The molecule has 0 rings (SSSR count). The van der Waals surface area contributed by atoms with Gasteiger partial charge in [0.1, 0.15) is 5.25 Å². The van der Waals surface area contributed by atoms with Crippen LogP contribution in [0.25, 0.3) is 0 Å². The van der Waals surface area contributed by atoms with E-state index in [9.17, 15) is 9.59 Å². The number of esters is 2. The fourth-order valence-electron chi connectivity index (χ4n) is 0.530. The summed E-state index contributed by atoms with van der Waals surface area (Å²) in [5.41, 5.74) is 0. The van der Waals surface area contributed by atoms with Crippen molar-refractivity contribution in [2.24, 2.45) is 0 Å². The molecule has 0 fully saturated rings. The molecule has 0 heterocycles. The third-order valence-electron chi connectivity index (χ3n) is 1.17. The third-order valence-corrected chi connectivity index (χ3v) is 1.78. The molecule has 0 aliphatic heterocycles. The highest BCUT2D eigenvalue weighted by Crippen LogP contribution is 2.12. The van der Waals surface area contributed by atoms with Gasteiger partial charge in [0.25, 0.3) is 0 Å². The average molecular weight is 194 g/mol. The molecule has 0 saturated carbocycles. The van der Waals surface area contributed by atoms with Crippen molar-refractivity contribution in [1.29, 1.82) is 0 Å². The molecule has 5 nitrogen and oxygen atoms in total. The second kappa shape index (κ2) is 5.84. The van der Waals surface area contributed by atoms with Crippen molar-refractivity contribution >= 4 is 24.0 Å². The van der Waals surface area contributed by atoms with Gasteiger partial charge in [-0.3, -0.25) is 9.59 Å². The largest absolute Gasteiger partial charge is 0.469 e. The summed E-state index contributed by atoms with van der Waals surface area (Å²) >= 11 is 0.271. The van der Waals surface area contributed by atoms with Crippen LogP contribution in [0.1, 0.15) is 6.42 Å². The lowest BCUT2D eigenvalue weighted by Gasteiger charge is -2.07. The minimum absolute atomic E-state index is 0.190. The molecule has 0 aromatic rings. The molecule has 12 heavy (non-hydrogen) atoms. The van der Waals surface area contributed by atoms with Crippen LogP contribution in [0.15, 0.2) is 0 Å². The van der Waals surface area contributed by atoms with E-state index in [0.717, 1.165) is 0 Å². The van der Waals surface area contributed by atoms with Gasteiger partial charge in [-0.25, -0.2) is 0 Å². The van der Waals surface area contributed by atoms with Crippen molar-refractivity contribution in [1.82, 2.24) is 0 Å². The van der Waals surface area contributed by atoms with E-state index < -0.39 is 17.2 Å². The van der Waals surface area contributed by atoms with Gasteiger partial charge >= 0.3 is 11.9 Å². The number of methoxy groups -OCH3 is 2. The first-order valence-corrected chi connectivity index (χ1v) is 3.94. The molecule has 0 bridgehead atoms. The standard InChI is InChI=1S/C6H10O5S/c1-10-5(7)3-4(12-9)6(8)11-2/h4,9H,3H2,1-2H3. The number of carbonyl (C=O) groups is 2. The van der Waals surface area contributed by atoms with Gasteiger partial charge in [-0.1, -0.05) is 0 Å². The molecule has 1 unspecified atom stereocenters. The molecule has 70 valence electrons. The number of hydrogen-bond acceptors (Lipinski definition) is 6. The van der Waals surface area contributed by atoms with Crippen LogP contribution in [0.5, 0.6) is 0 Å². The Kier molecular flexibility index (Phi) is 5.48. The Morgan fingerprint density at radius 1 is 1.42 bits per heavy atom. The lowest BCUT2D eigenvalue weighted by Crippen LogP contribution is -2.22. The predicted octanol–water partition coefficient (Wildman–Crippen LogP) is 0.297. The SMILES string of the molecule is COC(=O)CC(SO)C(=O)OC. The molecule has 0 amide bonds. The number of rotatable bonds is 4. The molecular weight excluding hydrogens is 184 g/mol. The monoisotopic (exact) mass is 194 g/mol. The first-order chi connectivity index (χ1) is 5.65. The first kappa shape index (κ1) is 11.2. The zero-order valence-electron chi connectivity index (χ0n) is 6.77. The fourth-order valence-corrected chi connectivity index (χ4v) is 0.923. The number of ether oxygens (including phenoxy) is 2. The Morgan fingerprint density at radius 3 is 2.33 bits per heavy atom. The summed E-state index contributed by atoms with van der Waals surface area (Å²) < 4.78 is 17.2. The van der Waals surface area contributed by atoms with Crippen molar-refractivity contribution in [2.45, 2.75) is 11.7 Å².